The average Bonchev–Trinajstić information content (AvgIpc) is 2.76. The van der Waals surface area contributed by atoms with Crippen LogP contribution in [0.3, 0.4) is 0 Å². The number of nitrogens with one attached hydrogen (secondary N) is 1. The standard InChI is InChI=1S/C13H23NO2/c1-5-7-14-12(13(2,3)15-4)9-11-6-8-16-10-11/h6,8,10,12,14H,5,7,9H2,1-4H3. The van der Waals surface area contributed by atoms with Crippen molar-refractivity contribution in [2.75, 3.05) is 13.7 Å². The van der Waals surface area contributed by atoms with Gasteiger partial charge in [-0.25, -0.2) is 0 Å². The summed E-state index contributed by atoms with van der Waals surface area (Å²) in [4.78, 5) is 0. The van der Waals surface area contributed by atoms with Crippen molar-refractivity contribution < 1.29 is 9.15 Å². The van der Waals surface area contributed by atoms with E-state index in [1.807, 2.05) is 6.07 Å². The zero-order chi connectivity index (χ0) is 12.0. The number of hydrogen-bond acceptors (Lipinski definition) is 3. The van der Waals surface area contributed by atoms with E-state index in [1.54, 1.807) is 19.6 Å². The molecule has 1 rings (SSSR count). The van der Waals surface area contributed by atoms with Gasteiger partial charge >= 0.3 is 0 Å². The molecule has 0 fully saturated rings. The molecule has 0 spiro atoms. The van der Waals surface area contributed by atoms with Gasteiger partial charge < -0.3 is 14.5 Å². The topological polar surface area (TPSA) is 34.4 Å². The van der Waals surface area contributed by atoms with E-state index in [2.05, 4.69) is 26.1 Å². The number of hydrogen-bond donors (Lipinski definition) is 1. The third-order valence-electron chi connectivity index (χ3n) is 3.03. The molecule has 3 heteroatoms. The molecule has 1 N–H and O–H groups in total. The number of furan rings is 1. The van der Waals surface area contributed by atoms with E-state index >= 15 is 0 Å². The quantitative estimate of drug-likeness (QED) is 0.774. The molecule has 0 amide bonds. The molecule has 1 aromatic heterocycles. The van der Waals surface area contributed by atoms with Crippen LogP contribution >= 0.6 is 0 Å². The van der Waals surface area contributed by atoms with E-state index in [1.165, 1.54) is 5.56 Å². The maximum Gasteiger partial charge on any atom is 0.0935 e. The van der Waals surface area contributed by atoms with Gasteiger partial charge in [-0.15, -0.1) is 0 Å². The second-order valence-electron chi connectivity index (χ2n) is 4.65. The average molecular weight is 225 g/mol. The predicted octanol–water partition coefficient (Wildman–Crippen LogP) is 2.62. The summed E-state index contributed by atoms with van der Waals surface area (Å²) < 4.78 is 10.7. The summed E-state index contributed by atoms with van der Waals surface area (Å²) in [5.74, 6) is 0. The smallest absolute Gasteiger partial charge is 0.0935 e. The van der Waals surface area contributed by atoms with Crippen LogP contribution < -0.4 is 5.32 Å². The summed E-state index contributed by atoms with van der Waals surface area (Å²) in [7, 11) is 1.76. The number of methoxy groups -OCH3 is 1. The Morgan fingerprint density at radius 1 is 1.50 bits per heavy atom. The first-order valence-corrected chi connectivity index (χ1v) is 5.89. The summed E-state index contributed by atoms with van der Waals surface area (Å²) in [5.41, 5.74) is 1.03. The molecule has 1 heterocycles. The summed E-state index contributed by atoms with van der Waals surface area (Å²) in [6.45, 7) is 7.40. The van der Waals surface area contributed by atoms with Crippen molar-refractivity contribution in [1.29, 1.82) is 0 Å². The zero-order valence-electron chi connectivity index (χ0n) is 10.7. The van der Waals surface area contributed by atoms with Gasteiger partial charge in [-0.3, -0.25) is 0 Å². The first-order chi connectivity index (χ1) is 7.60. The molecule has 16 heavy (non-hydrogen) atoms. The molecule has 1 aromatic rings. The molecular weight excluding hydrogens is 202 g/mol. The molecule has 0 radical (unpaired) electrons. The monoisotopic (exact) mass is 225 g/mol. The molecule has 3 nitrogen and oxygen atoms in total. The second-order valence-corrected chi connectivity index (χ2v) is 4.65. The highest BCUT2D eigenvalue weighted by atomic mass is 16.5. The number of rotatable bonds is 7. The van der Waals surface area contributed by atoms with Crippen LogP contribution in [0.25, 0.3) is 0 Å². The third-order valence-corrected chi connectivity index (χ3v) is 3.03. The highest BCUT2D eigenvalue weighted by Crippen LogP contribution is 2.18. The predicted molar refractivity (Wildman–Crippen MR) is 65.6 cm³/mol. The lowest BCUT2D eigenvalue weighted by Crippen LogP contribution is -2.49. The lowest BCUT2D eigenvalue weighted by Gasteiger charge is -2.33. The van der Waals surface area contributed by atoms with Gasteiger partial charge in [-0.05, 0) is 44.9 Å². The van der Waals surface area contributed by atoms with Crippen molar-refractivity contribution in [2.24, 2.45) is 0 Å². The van der Waals surface area contributed by atoms with Crippen molar-refractivity contribution in [3.63, 3.8) is 0 Å². The Kier molecular flexibility index (Phi) is 5.03. The Morgan fingerprint density at radius 3 is 2.75 bits per heavy atom. The zero-order valence-corrected chi connectivity index (χ0v) is 10.7. The lowest BCUT2D eigenvalue weighted by atomic mass is 9.93. The second kappa shape index (κ2) is 6.06. The van der Waals surface area contributed by atoms with E-state index < -0.39 is 0 Å². The summed E-state index contributed by atoms with van der Waals surface area (Å²) in [6.07, 6.45) is 5.57. The molecule has 0 aromatic carbocycles. The normalized spacial score (nSPS) is 14.0. The Hall–Kier alpha value is -0.800. The highest BCUT2D eigenvalue weighted by Gasteiger charge is 2.28. The fourth-order valence-electron chi connectivity index (χ4n) is 1.67. The minimum absolute atomic E-state index is 0.174. The molecule has 0 aliphatic heterocycles. The van der Waals surface area contributed by atoms with Gasteiger partial charge in [0.25, 0.3) is 0 Å². The first kappa shape index (κ1) is 13.3. The molecule has 0 aliphatic rings. The minimum Gasteiger partial charge on any atom is -0.472 e. The van der Waals surface area contributed by atoms with Crippen LogP contribution in [0.5, 0.6) is 0 Å². The van der Waals surface area contributed by atoms with Crippen LogP contribution in [0.1, 0.15) is 32.8 Å². The Labute approximate surface area is 98.2 Å². The third kappa shape index (κ3) is 3.65. The molecule has 92 valence electrons. The van der Waals surface area contributed by atoms with E-state index in [9.17, 15) is 0 Å². The Morgan fingerprint density at radius 2 is 2.25 bits per heavy atom. The molecule has 0 saturated carbocycles. The summed E-state index contributed by atoms with van der Waals surface area (Å²) in [6, 6.07) is 2.31. The molecule has 0 aliphatic carbocycles. The first-order valence-electron chi connectivity index (χ1n) is 5.89. The molecule has 0 bridgehead atoms. The molecule has 0 saturated heterocycles. The fraction of sp³-hybridized carbons (Fsp3) is 0.692. The largest absolute Gasteiger partial charge is 0.472 e. The molecular formula is C13H23NO2. The van der Waals surface area contributed by atoms with Crippen LogP contribution in [0.2, 0.25) is 0 Å². The maximum absolute atomic E-state index is 5.55. The van der Waals surface area contributed by atoms with E-state index in [4.69, 9.17) is 9.15 Å². The fourth-order valence-corrected chi connectivity index (χ4v) is 1.67. The van der Waals surface area contributed by atoms with Gasteiger partial charge in [0.05, 0.1) is 18.1 Å². The van der Waals surface area contributed by atoms with Gasteiger partial charge in [-0.1, -0.05) is 6.92 Å². The van der Waals surface area contributed by atoms with Gasteiger partial charge in [0.2, 0.25) is 0 Å². The van der Waals surface area contributed by atoms with Gasteiger partial charge in [0.15, 0.2) is 0 Å². The van der Waals surface area contributed by atoms with E-state index in [0.29, 0.717) is 6.04 Å². The maximum atomic E-state index is 5.55. The van der Waals surface area contributed by atoms with Crippen molar-refractivity contribution >= 4 is 0 Å². The SMILES string of the molecule is CCCNC(Cc1ccoc1)C(C)(C)OC. The van der Waals surface area contributed by atoms with Crippen molar-refractivity contribution in [3.8, 4) is 0 Å². The molecule has 1 atom stereocenters. The van der Waals surface area contributed by atoms with Crippen LogP contribution in [0.4, 0.5) is 0 Å². The van der Waals surface area contributed by atoms with Crippen molar-refractivity contribution in [1.82, 2.24) is 5.32 Å². The van der Waals surface area contributed by atoms with Crippen molar-refractivity contribution in [2.45, 2.75) is 45.3 Å². The van der Waals surface area contributed by atoms with Crippen LogP contribution in [0.15, 0.2) is 23.0 Å². The lowest BCUT2D eigenvalue weighted by molar-refractivity contribution is -0.01000. The van der Waals surface area contributed by atoms with Crippen LogP contribution in [-0.4, -0.2) is 25.3 Å². The van der Waals surface area contributed by atoms with Gasteiger partial charge in [0.1, 0.15) is 0 Å². The Balaban J connectivity index is 2.63. The van der Waals surface area contributed by atoms with E-state index in [-0.39, 0.29) is 5.60 Å². The number of ether oxygens (including phenoxy) is 1. The highest BCUT2D eigenvalue weighted by molar-refractivity contribution is 5.09. The van der Waals surface area contributed by atoms with Gasteiger partial charge in [0, 0.05) is 13.2 Å². The summed E-state index contributed by atoms with van der Waals surface area (Å²) in [5, 5.41) is 3.53. The van der Waals surface area contributed by atoms with Crippen LogP contribution in [0, 0.1) is 0 Å². The minimum atomic E-state index is -0.174. The Bertz CT molecular complexity index is 280. The molecule has 1 unspecified atom stereocenters. The van der Waals surface area contributed by atoms with Crippen molar-refractivity contribution in [3.05, 3.63) is 24.2 Å². The van der Waals surface area contributed by atoms with Crippen LogP contribution in [-0.2, 0) is 11.2 Å². The van der Waals surface area contributed by atoms with Gasteiger partial charge in [-0.2, -0.15) is 0 Å². The summed E-state index contributed by atoms with van der Waals surface area (Å²) >= 11 is 0. The van der Waals surface area contributed by atoms with E-state index in [0.717, 1.165) is 19.4 Å².